The summed E-state index contributed by atoms with van der Waals surface area (Å²) in [6.45, 7) is 1.77. The molecule has 0 radical (unpaired) electrons. The van der Waals surface area contributed by atoms with Crippen LogP contribution in [0.2, 0.25) is 0 Å². The molecule has 0 rings (SSSR count). The van der Waals surface area contributed by atoms with E-state index in [0.29, 0.717) is 0 Å². The highest BCUT2D eigenvalue weighted by Gasteiger charge is 2.39. The second-order valence-corrected chi connectivity index (χ2v) is 3.30. The molecule has 0 heterocycles. The Kier molecular flexibility index (Phi) is 5.00. The first-order valence-electron chi connectivity index (χ1n) is 4.30. The molecule has 0 aromatic heterocycles. The first-order valence-corrected chi connectivity index (χ1v) is 4.30. The molecule has 2 unspecified atom stereocenters. The standard InChI is InChI=1S/C8H17NO5/c1-5(11)8(4-10,6(2)12)9-3-7(13)14/h5-6,9-12H,3-4H2,1-2H3,(H,13,14). The number of carboxylic acid groups (broad SMARTS) is 1. The minimum absolute atomic E-state index is 0.434. The maximum Gasteiger partial charge on any atom is 0.317 e. The Morgan fingerprint density at radius 2 is 1.79 bits per heavy atom. The Labute approximate surface area is 82.2 Å². The third-order valence-electron chi connectivity index (χ3n) is 2.32. The summed E-state index contributed by atoms with van der Waals surface area (Å²) in [6.07, 6.45) is -2.13. The molecule has 0 saturated heterocycles. The normalized spacial score (nSPS) is 19.8. The van der Waals surface area contributed by atoms with Crippen molar-refractivity contribution in [2.75, 3.05) is 13.2 Å². The lowest BCUT2D eigenvalue weighted by molar-refractivity contribution is -0.137. The molecule has 0 amide bonds. The van der Waals surface area contributed by atoms with Gasteiger partial charge in [0.15, 0.2) is 0 Å². The maximum atomic E-state index is 10.3. The minimum Gasteiger partial charge on any atom is -0.480 e. The fourth-order valence-corrected chi connectivity index (χ4v) is 1.20. The summed E-state index contributed by atoms with van der Waals surface area (Å²) >= 11 is 0. The smallest absolute Gasteiger partial charge is 0.317 e. The van der Waals surface area contributed by atoms with Gasteiger partial charge in [-0.05, 0) is 13.8 Å². The third kappa shape index (κ3) is 2.91. The number of aliphatic carboxylic acids is 1. The van der Waals surface area contributed by atoms with Gasteiger partial charge in [0.2, 0.25) is 0 Å². The van der Waals surface area contributed by atoms with E-state index in [1.807, 2.05) is 0 Å². The monoisotopic (exact) mass is 207 g/mol. The van der Waals surface area contributed by atoms with E-state index in [-0.39, 0.29) is 0 Å². The van der Waals surface area contributed by atoms with Gasteiger partial charge in [-0.3, -0.25) is 10.1 Å². The van der Waals surface area contributed by atoms with Crippen LogP contribution in [0.1, 0.15) is 13.8 Å². The van der Waals surface area contributed by atoms with Crippen LogP contribution in [-0.4, -0.2) is 57.3 Å². The summed E-state index contributed by atoms with van der Waals surface area (Å²) in [6, 6.07) is 0. The van der Waals surface area contributed by atoms with Gasteiger partial charge in [0.1, 0.15) is 0 Å². The van der Waals surface area contributed by atoms with Crippen LogP contribution in [0.15, 0.2) is 0 Å². The van der Waals surface area contributed by atoms with Gasteiger partial charge in [-0.15, -0.1) is 0 Å². The summed E-state index contributed by atoms with van der Waals surface area (Å²) in [4.78, 5) is 10.3. The quantitative estimate of drug-likeness (QED) is 0.350. The van der Waals surface area contributed by atoms with Crippen molar-refractivity contribution in [3.8, 4) is 0 Å². The highest BCUT2D eigenvalue weighted by atomic mass is 16.4. The SMILES string of the molecule is CC(O)C(CO)(NCC(=O)O)C(C)O. The fraction of sp³-hybridized carbons (Fsp3) is 0.875. The number of carbonyl (C=O) groups is 1. The second kappa shape index (κ2) is 5.26. The molecule has 0 fully saturated rings. The molecule has 6 nitrogen and oxygen atoms in total. The molecule has 0 saturated carbocycles. The fourth-order valence-electron chi connectivity index (χ4n) is 1.20. The van der Waals surface area contributed by atoms with Crippen molar-refractivity contribution in [1.29, 1.82) is 0 Å². The van der Waals surface area contributed by atoms with Crippen molar-refractivity contribution >= 4 is 5.97 Å². The highest BCUT2D eigenvalue weighted by Crippen LogP contribution is 2.15. The summed E-state index contributed by atoms with van der Waals surface area (Å²) in [7, 11) is 0. The largest absolute Gasteiger partial charge is 0.480 e. The molecular weight excluding hydrogens is 190 g/mol. The Hall–Kier alpha value is -0.690. The predicted octanol–water partition coefficient (Wildman–Crippen LogP) is -1.85. The van der Waals surface area contributed by atoms with Crippen molar-refractivity contribution in [1.82, 2.24) is 5.32 Å². The van der Waals surface area contributed by atoms with Gasteiger partial charge in [0.05, 0.1) is 30.9 Å². The molecule has 0 aromatic carbocycles. The maximum absolute atomic E-state index is 10.3. The minimum atomic E-state index is -1.39. The van der Waals surface area contributed by atoms with Gasteiger partial charge in [0, 0.05) is 0 Å². The number of nitrogens with one attached hydrogen (secondary N) is 1. The number of aliphatic hydroxyl groups excluding tert-OH is 3. The Balaban J connectivity index is 4.59. The molecule has 0 aliphatic heterocycles. The topological polar surface area (TPSA) is 110 Å². The van der Waals surface area contributed by atoms with Crippen LogP contribution < -0.4 is 5.32 Å². The first-order chi connectivity index (χ1) is 6.36. The van der Waals surface area contributed by atoms with E-state index < -0.39 is 36.9 Å². The second-order valence-electron chi connectivity index (χ2n) is 3.30. The van der Waals surface area contributed by atoms with Crippen LogP contribution in [-0.2, 0) is 4.79 Å². The van der Waals surface area contributed by atoms with Gasteiger partial charge in [0.25, 0.3) is 0 Å². The van der Waals surface area contributed by atoms with Crippen molar-refractivity contribution in [2.24, 2.45) is 0 Å². The Bertz CT molecular complexity index is 184. The zero-order chi connectivity index (χ0) is 11.4. The van der Waals surface area contributed by atoms with Crippen LogP contribution in [0.4, 0.5) is 0 Å². The molecular formula is C8H17NO5. The summed E-state index contributed by atoms with van der Waals surface area (Å²) in [5.41, 5.74) is -1.39. The number of hydrogen-bond donors (Lipinski definition) is 5. The molecule has 84 valence electrons. The number of hydrogen-bond acceptors (Lipinski definition) is 5. The molecule has 14 heavy (non-hydrogen) atoms. The van der Waals surface area contributed by atoms with Crippen molar-refractivity contribution < 1.29 is 25.2 Å². The molecule has 5 N–H and O–H groups in total. The molecule has 0 aliphatic carbocycles. The van der Waals surface area contributed by atoms with Crippen molar-refractivity contribution in [3.05, 3.63) is 0 Å². The summed E-state index contributed by atoms with van der Waals surface area (Å²) in [5, 5.41) is 38.7. The predicted molar refractivity (Wildman–Crippen MR) is 48.8 cm³/mol. The summed E-state index contributed by atoms with van der Waals surface area (Å²) < 4.78 is 0. The lowest BCUT2D eigenvalue weighted by Crippen LogP contribution is -2.64. The Morgan fingerprint density at radius 1 is 1.36 bits per heavy atom. The molecule has 6 heteroatoms. The van der Waals surface area contributed by atoms with Crippen molar-refractivity contribution in [3.63, 3.8) is 0 Å². The van der Waals surface area contributed by atoms with Crippen LogP contribution in [0.3, 0.4) is 0 Å². The molecule has 2 atom stereocenters. The first kappa shape index (κ1) is 13.3. The molecule has 0 aliphatic rings. The van der Waals surface area contributed by atoms with E-state index in [0.717, 1.165) is 0 Å². The Morgan fingerprint density at radius 3 is 2.00 bits per heavy atom. The van der Waals surface area contributed by atoms with Crippen LogP contribution >= 0.6 is 0 Å². The van der Waals surface area contributed by atoms with Gasteiger partial charge < -0.3 is 20.4 Å². The number of rotatable bonds is 6. The van der Waals surface area contributed by atoms with Crippen LogP contribution in [0.5, 0.6) is 0 Å². The zero-order valence-corrected chi connectivity index (χ0v) is 8.27. The van der Waals surface area contributed by atoms with Gasteiger partial charge in [-0.2, -0.15) is 0 Å². The lowest BCUT2D eigenvalue weighted by atomic mass is 9.88. The average Bonchev–Trinajstić information content (AvgIpc) is 2.04. The van der Waals surface area contributed by atoms with Crippen LogP contribution in [0, 0.1) is 0 Å². The van der Waals surface area contributed by atoms with E-state index in [2.05, 4.69) is 5.32 Å². The number of aliphatic hydroxyl groups is 3. The summed E-state index contributed by atoms with van der Waals surface area (Å²) in [5.74, 6) is -1.12. The molecule has 0 bridgehead atoms. The van der Waals surface area contributed by atoms with Crippen LogP contribution in [0.25, 0.3) is 0 Å². The van der Waals surface area contributed by atoms with E-state index in [1.54, 1.807) is 0 Å². The van der Waals surface area contributed by atoms with E-state index in [9.17, 15) is 15.0 Å². The highest BCUT2D eigenvalue weighted by molar-refractivity contribution is 5.69. The van der Waals surface area contributed by atoms with Gasteiger partial charge in [-0.25, -0.2) is 0 Å². The van der Waals surface area contributed by atoms with Crippen molar-refractivity contribution in [2.45, 2.75) is 31.6 Å². The van der Waals surface area contributed by atoms with Gasteiger partial charge in [-0.1, -0.05) is 0 Å². The molecule has 0 spiro atoms. The average molecular weight is 207 g/mol. The molecule has 0 aromatic rings. The van der Waals surface area contributed by atoms with E-state index in [4.69, 9.17) is 10.2 Å². The van der Waals surface area contributed by atoms with E-state index >= 15 is 0 Å². The lowest BCUT2D eigenvalue weighted by Gasteiger charge is -2.37. The zero-order valence-electron chi connectivity index (χ0n) is 8.27. The van der Waals surface area contributed by atoms with Gasteiger partial charge >= 0.3 is 5.97 Å². The number of carboxylic acids is 1. The van der Waals surface area contributed by atoms with E-state index in [1.165, 1.54) is 13.8 Å². The third-order valence-corrected chi connectivity index (χ3v) is 2.32.